The third-order valence-corrected chi connectivity index (χ3v) is 4.80. The van der Waals surface area contributed by atoms with E-state index in [1.807, 2.05) is 0 Å². The molecule has 0 spiro atoms. The molecule has 0 bridgehead atoms. The Morgan fingerprint density at radius 1 is 0.966 bits per heavy atom. The maximum absolute atomic E-state index is 12.9. The molecule has 0 N–H and O–H groups in total. The molecule has 2 amide bonds. The molecule has 0 radical (unpaired) electrons. The van der Waals surface area contributed by atoms with E-state index in [9.17, 15) is 18.8 Å². The summed E-state index contributed by atoms with van der Waals surface area (Å²) >= 11 is 0. The summed E-state index contributed by atoms with van der Waals surface area (Å²) in [5.41, 5.74) is 1.36. The predicted octanol–water partition coefficient (Wildman–Crippen LogP) is 2.67. The van der Waals surface area contributed by atoms with Crippen LogP contribution in [-0.4, -0.2) is 53.8 Å². The van der Waals surface area contributed by atoms with E-state index in [0.29, 0.717) is 50.3 Å². The van der Waals surface area contributed by atoms with Crippen LogP contribution in [-0.2, 0) is 16.0 Å². The summed E-state index contributed by atoms with van der Waals surface area (Å²) in [5, 5.41) is 0. The third kappa shape index (κ3) is 5.63. The van der Waals surface area contributed by atoms with Crippen molar-refractivity contribution in [2.75, 3.05) is 26.2 Å². The molecule has 1 heterocycles. The predicted molar refractivity (Wildman–Crippen MR) is 105 cm³/mol. The lowest BCUT2D eigenvalue weighted by Gasteiger charge is -2.35. The van der Waals surface area contributed by atoms with Crippen LogP contribution in [0, 0.1) is 5.82 Å². The van der Waals surface area contributed by atoms with Crippen LogP contribution in [0.4, 0.5) is 4.39 Å². The van der Waals surface area contributed by atoms with Gasteiger partial charge in [0, 0.05) is 45.1 Å². The van der Waals surface area contributed by atoms with Crippen molar-refractivity contribution in [2.45, 2.75) is 19.8 Å². The van der Waals surface area contributed by atoms with E-state index < -0.39 is 5.97 Å². The van der Waals surface area contributed by atoms with Crippen LogP contribution in [0.1, 0.15) is 29.3 Å². The van der Waals surface area contributed by atoms with Gasteiger partial charge >= 0.3 is 5.97 Å². The summed E-state index contributed by atoms with van der Waals surface area (Å²) in [5.74, 6) is -0.532. The summed E-state index contributed by atoms with van der Waals surface area (Å²) in [6.45, 7) is 3.13. The molecule has 1 saturated heterocycles. The highest BCUT2D eigenvalue weighted by Gasteiger charge is 2.25. The summed E-state index contributed by atoms with van der Waals surface area (Å²) in [6, 6.07) is 12.7. The van der Waals surface area contributed by atoms with Gasteiger partial charge in [0.2, 0.25) is 5.91 Å². The number of carbonyl (C=O) groups excluding carboxylic acids is 3. The van der Waals surface area contributed by atoms with E-state index in [-0.39, 0.29) is 17.6 Å². The van der Waals surface area contributed by atoms with Gasteiger partial charge in [-0.2, -0.15) is 0 Å². The zero-order valence-electron chi connectivity index (χ0n) is 16.3. The van der Waals surface area contributed by atoms with Crippen molar-refractivity contribution in [1.29, 1.82) is 0 Å². The third-order valence-electron chi connectivity index (χ3n) is 4.80. The molecule has 0 saturated carbocycles. The van der Waals surface area contributed by atoms with Crippen molar-refractivity contribution in [3.63, 3.8) is 0 Å². The minimum absolute atomic E-state index is 0.0262. The molecule has 0 aliphatic carbocycles. The summed E-state index contributed by atoms with van der Waals surface area (Å²) < 4.78 is 18.0. The van der Waals surface area contributed by atoms with E-state index in [4.69, 9.17) is 4.74 Å². The molecular formula is C22H23FN2O4. The Balaban J connectivity index is 1.50. The fourth-order valence-electron chi connectivity index (χ4n) is 3.26. The first-order valence-electron chi connectivity index (χ1n) is 9.52. The number of piperazine rings is 1. The molecule has 0 aromatic heterocycles. The molecule has 0 unspecified atom stereocenters. The minimum atomic E-state index is -0.442. The van der Waals surface area contributed by atoms with Gasteiger partial charge < -0.3 is 14.5 Å². The molecule has 1 aliphatic rings. The van der Waals surface area contributed by atoms with Gasteiger partial charge in [0.25, 0.3) is 5.91 Å². The van der Waals surface area contributed by atoms with E-state index in [0.717, 1.165) is 5.56 Å². The van der Waals surface area contributed by atoms with Crippen LogP contribution < -0.4 is 4.74 Å². The minimum Gasteiger partial charge on any atom is -0.427 e. The van der Waals surface area contributed by atoms with Crippen molar-refractivity contribution in [3.8, 4) is 5.75 Å². The van der Waals surface area contributed by atoms with Crippen molar-refractivity contribution in [2.24, 2.45) is 0 Å². The normalized spacial score (nSPS) is 13.9. The quantitative estimate of drug-likeness (QED) is 0.574. The number of rotatable bonds is 5. The maximum Gasteiger partial charge on any atom is 0.308 e. The Hall–Kier alpha value is -3.22. The van der Waals surface area contributed by atoms with Crippen LogP contribution in [0.15, 0.2) is 48.5 Å². The average Bonchev–Trinajstić information content (AvgIpc) is 2.72. The number of hydrogen-bond donors (Lipinski definition) is 0. The van der Waals surface area contributed by atoms with E-state index >= 15 is 0 Å². The summed E-state index contributed by atoms with van der Waals surface area (Å²) in [6.07, 6.45) is 0.908. The van der Waals surface area contributed by atoms with Gasteiger partial charge in [0.1, 0.15) is 11.6 Å². The molecule has 1 fully saturated rings. The molecule has 6 nitrogen and oxygen atoms in total. The molecule has 2 aromatic carbocycles. The largest absolute Gasteiger partial charge is 0.427 e. The van der Waals surface area contributed by atoms with Gasteiger partial charge in [0.15, 0.2) is 0 Å². The Labute approximate surface area is 168 Å². The van der Waals surface area contributed by atoms with E-state index in [1.54, 1.807) is 46.2 Å². The molecule has 7 heteroatoms. The van der Waals surface area contributed by atoms with Crippen molar-refractivity contribution < 1.29 is 23.5 Å². The van der Waals surface area contributed by atoms with E-state index in [1.165, 1.54) is 19.1 Å². The van der Waals surface area contributed by atoms with Crippen LogP contribution in [0.3, 0.4) is 0 Å². The Bertz CT molecular complexity index is 890. The number of amides is 2. The second-order valence-electron chi connectivity index (χ2n) is 6.92. The maximum atomic E-state index is 12.9. The van der Waals surface area contributed by atoms with Gasteiger partial charge in [-0.3, -0.25) is 14.4 Å². The van der Waals surface area contributed by atoms with Crippen LogP contribution in [0.2, 0.25) is 0 Å². The van der Waals surface area contributed by atoms with Crippen LogP contribution in [0.25, 0.3) is 0 Å². The van der Waals surface area contributed by atoms with E-state index in [2.05, 4.69) is 0 Å². The highest BCUT2D eigenvalue weighted by atomic mass is 19.1. The second-order valence-corrected chi connectivity index (χ2v) is 6.92. The Kier molecular flexibility index (Phi) is 6.59. The van der Waals surface area contributed by atoms with Crippen molar-refractivity contribution in [3.05, 3.63) is 65.5 Å². The number of ether oxygens (including phenoxy) is 1. The molecule has 2 aromatic rings. The first-order chi connectivity index (χ1) is 13.9. The Morgan fingerprint density at radius 3 is 2.28 bits per heavy atom. The zero-order chi connectivity index (χ0) is 20.8. The van der Waals surface area contributed by atoms with Crippen molar-refractivity contribution in [1.82, 2.24) is 9.80 Å². The topological polar surface area (TPSA) is 66.9 Å². The molecule has 3 rings (SSSR count). The van der Waals surface area contributed by atoms with Crippen LogP contribution >= 0.6 is 0 Å². The number of nitrogens with zero attached hydrogens (tertiary/aromatic N) is 2. The number of aryl methyl sites for hydroxylation is 1. The number of esters is 1. The Morgan fingerprint density at radius 2 is 1.62 bits per heavy atom. The van der Waals surface area contributed by atoms with Gasteiger partial charge in [-0.25, -0.2) is 4.39 Å². The monoisotopic (exact) mass is 398 g/mol. The molecule has 0 atom stereocenters. The molecule has 152 valence electrons. The number of carbonyl (C=O) groups is 3. The van der Waals surface area contributed by atoms with Gasteiger partial charge in [-0.1, -0.05) is 18.2 Å². The van der Waals surface area contributed by atoms with Crippen LogP contribution in [0.5, 0.6) is 5.75 Å². The standard InChI is InChI=1S/C22H23FN2O4/c1-16(26)29-20-4-2-3-18(15-20)22(28)25-13-11-24(12-14-25)21(27)10-7-17-5-8-19(23)9-6-17/h2-6,8-9,15H,7,10-14H2,1H3. The molecule has 29 heavy (non-hydrogen) atoms. The zero-order valence-corrected chi connectivity index (χ0v) is 16.3. The number of hydrogen-bond acceptors (Lipinski definition) is 4. The second kappa shape index (κ2) is 9.32. The first-order valence-corrected chi connectivity index (χ1v) is 9.52. The SMILES string of the molecule is CC(=O)Oc1cccc(C(=O)N2CCN(C(=O)CCc3ccc(F)cc3)CC2)c1. The highest BCUT2D eigenvalue weighted by Crippen LogP contribution is 2.17. The van der Waals surface area contributed by atoms with Gasteiger partial charge in [-0.15, -0.1) is 0 Å². The van der Waals surface area contributed by atoms with Gasteiger partial charge in [0.05, 0.1) is 0 Å². The molecular weight excluding hydrogens is 375 g/mol. The lowest BCUT2D eigenvalue weighted by atomic mass is 10.1. The highest BCUT2D eigenvalue weighted by molar-refractivity contribution is 5.95. The lowest BCUT2D eigenvalue weighted by molar-refractivity contribution is -0.133. The molecule has 1 aliphatic heterocycles. The fourth-order valence-corrected chi connectivity index (χ4v) is 3.26. The number of halogens is 1. The first kappa shape index (κ1) is 20.5. The van der Waals surface area contributed by atoms with Crippen molar-refractivity contribution >= 4 is 17.8 Å². The lowest BCUT2D eigenvalue weighted by Crippen LogP contribution is -2.50. The average molecular weight is 398 g/mol. The fraction of sp³-hybridized carbons (Fsp3) is 0.318. The van der Waals surface area contributed by atoms with Gasteiger partial charge in [-0.05, 0) is 42.3 Å². The summed E-state index contributed by atoms with van der Waals surface area (Å²) in [4.78, 5) is 39.7. The number of benzene rings is 2. The summed E-state index contributed by atoms with van der Waals surface area (Å²) in [7, 11) is 0. The smallest absolute Gasteiger partial charge is 0.308 e.